The Hall–Kier alpha value is -2.49. The smallest absolute Gasteiger partial charge is 0.0415 e. The van der Waals surface area contributed by atoms with Gasteiger partial charge in [-0.3, -0.25) is 9.88 Å². The standard InChI is InChI=1S/C24H27N3/c1-27(18-21-7-3-2-4-8-21)24(15-22-9-5-6-10-23(22)16-24)19-26-17-20-11-13-25-14-12-20/h2-14,26H,15-19H2,1H3. The molecule has 0 atom stereocenters. The maximum atomic E-state index is 4.11. The number of aromatic nitrogens is 1. The van der Waals surface area contributed by atoms with E-state index in [0.717, 1.165) is 32.5 Å². The Labute approximate surface area is 162 Å². The fourth-order valence-electron chi connectivity index (χ4n) is 4.17. The van der Waals surface area contributed by atoms with Crippen molar-refractivity contribution in [3.05, 3.63) is 101 Å². The lowest BCUT2D eigenvalue weighted by molar-refractivity contribution is 0.117. The van der Waals surface area contributed by atoms with E-state index in [1.54, 1.807) is 0 Å². The van der Waals surface area contributed by atoms with E-state index in [-0.39, 0.29) is 5.54 Å². The van der Waals surface area contributed by atoms with Gasteiger partial charge in [-0.15, -0.1) is 0 Å². The fraction of sp³-hybridized carbons (Fsp3) is 0.292. The third kappa shape index (κ3) is 4.10. The van der Waals surface area contributed by atoms with E-state index in [1.807, 2.05) is 12.4 Å². The van der Waals surface area contributed by atoms with Crippen molar-refractivity contribution >= 4 is 0 Å². The van der Waals surface area contributed by atoms with Crippen molar-refractivity contribution in [3.8, 4) is 0 Å². The van der Waals surface area contributed by atoms with E-state index in [4.69, 9.17) is 0 Å². The van der Waals surface area contributed by atoms with Crippen LogP contribution in [0.1, 0.15) is 22.3 Å². The third-order valence-corrected chi connectivity index (χ3v) is 5.76. The summed E-state index contributed by atoms with van der Waals surface area (Å²) in [5.41, 5.74) is 5.73. The third-order valence-electron chi connectivity index (χ3n) is 5.76. The SMILES string of the molecule is CN(Cc1ccccc1)C1(CNCc2ccncc2)Cc2ccccc2C1. The molecule has 138 valence electrons. The van der Waals surface area contributed by atoms with Crippen molar-refractivity contribution in [1.29, 1.82) is 0 Å². The van der Waals surface area contributed by atoms with E-state index in [9.17, 15) is 0 Å². The monoisotopic (exact) mass is 357 g/mol. The highest BCUT2D eigenvalue weighted by Gasteiger charge is 2.40. The number of likely N-dealkylation sites (N-methyl/N-ethyl adjacent to an activating group) is 1. The molecule has 1 heterocycles. The van der Waals surface area contributed by atoms with Gasteiger partial charge >= 0.3 is 0 Å². The summed E-state index contributed by atoms with van der Waals surface area (Å²) in [6.07, 6.45) is 5.91. The zero-order chi connectivity index (χ0) is 18.5. The van der Waals surface area contributed by atoms with Crippen LogP contribution in [0.2, 0.25) is 0 Å². The summed E-state index contributed by atoms with van der Waals surface area (Å²) in [5.74, 6) is 0. The highest BCUT2D eigenvalue weighted by Crippen LogP contribution is 2.34. The van der Waals surface area contributed by atoms with Crippen LogP contribution in [0.25, 0.3) is 0 Å². The zero-order valence-electron chi connectivity index (χ0n) is 15.9. The van der Waals surface area contributed by atoms with Crippen LogP contribution in [0, 0.1) is 0 Å². The van der Waals surface area contributed by atoms with Crippen LogP contribution >= 0.6 is 0 Å². The molecule has 3 aromatic rings. The molecular formula is C24H27N3. The lowest BCUT2D eigenvalue weighted by Crippen LogP contribution is -2.53. The second kappa shape index (κ2) is 8.03. The number of pyridine rings is 1. The van der Waals surface area contributed by atoms with Gasteiger partial charge in [0, 0.05) is 37.6 Å². The van der Waals surface area contributed by atoms with Crippen molar-refractivity contribution < 1.29 is 0 Å². The van der Waals surface area contributed by atoms with Gasteiger partial charge in [-0.2, -0.15) is 0 Å². The van der Waals surface area contributed by atoms with Crippen LogP contribution in [0.15, 0.2) is 79.1 Å². The average molecular weight is 358 g/mol. The van der Waals surface area contributed by atoms with Crippen molar-refractivity contribution in [2.24, 2.45) is 0 Å². The van der Waals surface area contributed by atoms with Crippen molar-refractivity contribution in [2.45, 2.75) is 31.5 Å². The molecule has 3 nitrogen and oxygen atoms in total. The molecule has 0 saturated carbocycles. The first-order valence-electron chi connectivity index (χ1n) is 9.67. The van der Waals surface area contributed by atoms with E-state index in [2.05, 4.69) is 89.0 Å². The minimum absolute atomic E-state index is 0.104. The average Bonchev–Trinajstić information content (AvgIpc) is 3.09. The molecule has 4 rings (SSSR count). The minimum atomic E-state index is 0.104. The Bertz CT molecular complexity index is 836. The molecule has 0 saturated heterocycles. The number of hydrogen-bond donors (Lipinski definition) is 1. The summed E-state index contributed by atoms with van der Waals surface area (Å²) < 4.78 is 0. The molecule has 0 amide bonds. The Morgan fingerprint density at radius 3 is 2.15 bits per heavy atom. The maximum Gasteiger partial charge on any atom is 0.0415 e. The molecular weight excluding hydrogens is 330 g/mol. The molecule has 0 radical (unpaired) electrons. The molecule has 1 N–H and O–H groups in total. The van der Waals surface area contributed by atoms with Gasteiger partial charge < -0.3 is 5.32 Å². The van der Waals surface area contributed by atoms with Crippen LogP contribution in [0.4, 0.5) is 0 Å². The molecule has 27 heavy (non-hydrogen) atoms. The number of hydrogen-bond acceptors (Lipinski definition) is 3. The lowest BCUT2D eigenvalue weighted by atomic mass is 9.92. The first-order chi connectivity index (χ1) is 13.3. The number of fused-ring (bicyclic) bond motifs is 1. The second-order valence-corrected chi connectivity index (χ2v) is 7.65. The maximum absolute atomic E-state index is 4.11. The van der Waals surface area contributed by atoms with Gasteiger partial charge in [0.25, 0.3) is 0 Å². The molecule has 0 unspecified atom stereocenters. The summed E-state index contributed by atoms with van der Waals surface area (Å²) in [7, 11) is 2.27. The van der Waals surface area contributed by atoms with E-state index >= 15 is 0 Å². The first-order valence-corrected chi connectivity index (χ1v) is 9.67. The van der Waals surface area contributed by atoms with Crippen molar-refractivity contribution in [1.82, 2.24) is 15.2 Å². The van der Waals surface area contributed by atoms with Gasteiger partial charge in [0.1, 0.15) is 0 Å². The Kier molecular flexibility index (Phi) is 5.33. The van der Waals surface area contributed by atoms with E-state index in [1.165, 1.54) is 22.3 Å². The molecule has 1 aliphatic carbocycles. The zero-order valence-corrected chi connectivity index (χ0v) is 15.9. The molecule has 3 heteroatoms. The topological polar surface area (TPSA) is 28.2 Å². The molecule has 2 aromatic carbocycles. The van der Waals surface area contributed by atoms with Gasteiger partial charge in [0.05, 0.1) is 0 Å². The minimum Gasteiger partial charge on any atom is -0.311 e. The predicted molar refractivity (Wildman–Crippen MR) is 110 cm³/mol. The predicted octanol–water partition coefficient (Wildman–Crippen LogP) is 3.84. The summed E-state index contributed by atoms with van der Waals surface area (Å²) >= 11 is 0. The van der Waals surface area contributed by atoms with Gasteiger partial charge in [0.15, 0.2) is 0 Å². The molecule has 1 aliphatic rings. The summed E-state index contributed by atoms with van der Waals surface area (Å²) in [4.78, 5) is 6.65. The van der Waals surface area contributed by atoms with Gasteiger partial charge in [-0.25, -0.2) is 0 Å². The van der Waals surface area contributed by atoms with Gasteiger partial charge in [-0.1, -0.05) is 54.6 Å². The molecule has 1 aromatic heterocycles. The van der Waals surface area contributed by atoms with Crippen molar-refractivity contribution in [2.75, 3.05) is 13.6 Å². The van der Waals surface area contributed by atoms with Gasteiger partial charge in [-0.05, 0) is 54.3 Å². The summed E-state index contributed by atoms with van der Waals surface area (Å²) in [5, 5.41) is 3.72. The largest absolute Gasteiger partial charge is 0.311 e. The summed E-state index contributed by atoms with van der Waals surface area (Å²) in [6, 6.07) is 23.8. The van der Waals surface area contributed by atoms with Crippen LogP contribution < -0.4 is 5.32 Å². The molecule has 0 spiro atoms. The number of nitrogens with zero attached hydrogens (tertiary/aromatic N) is 2. The normalized spacial score (nSPS) is 15.0. The highest BCUT2D eigenvalue weighted by molar-refractivity contribution is 5.37. The molecule has 0 bridgehead atoms. The lowest BCUT2D eigenvalue weighted by Gasteiger charge is -2.39. The van der Waals surface area contributed by atoms with Crippen LogP contribution in [-0.4, -0.2) is 29.0 Å². The highest BCUT2D eigenvalue weighted by atomic mass is 15.2. The Morgan fingerprint density at radius 1 is 0.852 bits per heavy atom. The Morgan fingerprint density at radius 2 is 1.48 bits per heavy atom. The van der Waals surface area contributed by atoms with Crippen LogP contribution in [0.3, 0.4) is 0 Å². The van der Waals surface area contributed by atoms with Crippen LogP contribution in [0.5, 0.6) is 0 Å². The number of rotatable bonds is 7. The number of nitrogens with one attached hydrogen (secondary N) is 1. The van der Waals surface area contributed by atoms with Crippen LogP contribution in [-0.2, 0) is 25.9 Å². The molecule has 0 fully saturated rings. The molecule has 0 aliphatic heterocycles. The fourth-order valence-corrected chi connectivity index (χ4v) is 4.17. The number of benzene rings is 2. The van der Waals surface area contributed by atoms with Crippen molar-refractivity contribution in [3.63, 3.8) is 0 Å². The van der Waals surface area contributed by atoms with Gasteiger partial charge in [0.2, 0.25) is 0 Å². The quantitative estimate of drug-likeness (QED) is 0.696. The first kappa shape index (κ1) is 17.9. The summed E-state index contributed by atoms with van der Waals surface area (Å²) in [6.45, 7) is 2.80. The Balaban J connectivity index is 1.51. The van der Waals surface area contributed by atoms with E-state index in [0.29, 0.717) is 0 Å². The second-order valence-electron chi connectivity index (χ2n) is 7.65. The van der Waals surface area contributed by atoms with E-state index < -0.39 is 0 Å².